The number of nitrogens with zero attached hydrogens (tertiary/aromatic N) is 3. The fourth-order valence-corrected chi connectivity index (χ4v) is 4.17. The maximum absolute atomic E-state index is 12.6. The molecule has 0 radical (unpaired) electrons. The Morgan fingerprint density at radius 2 is 1.66 bits per heavy atom. The standard InChI is InChI=1S/C28H36N4O6/c1-8-18(15-16-29-25(33)37-27(2,3)4)19-9-11-20(12-10-19)21-13-14-23-22(24(21)32(35)36)17-30-31(23)26(34)38-28(5,6)7/h9-14,17-18H,8,15-16H2,1-7H3,(H,29,33). The molecule has 0 aliphatic heterocycles. The number of benzene rings is 2. The van der Waals surface area contributed by atoms with Crippen molar-refractivity contribution in [2.24, 2.45) is 0 Å². The summed E-state index contributed by atoms with van der Waals surface area (Å²) in [5.41, 5.74) is 1.07. The van der Waals surface area contributed by atoms with E-state index in [2.05, 4.69) is 17.3 Å². The highest BCUT2D eigenvalue weighted by Crippen LogP contribution is 2.37. The van der Waals surface area contributed by atoms with Gasteiger partial charge in [0.25, 0.3) is 5.69 Å². The van der Waals surface area contributed by atoms with Gasteiger partial charge in [0.05, 0.1) is 27.6 Å². The predicted molar refractivity (Wildman–Crippen MR) is 145 cm³/mol. The van der Waals surface area contributed by atoms with E-state index < -0.39 is 28.3 Å². The lowest BCUT2D eigenvalue weighted by atomic mass is 9.91. The summed E-state index contributed by atoms with van der Waals surface area (Å²) in [7, 11) is 0. The van der Waals surface area contributed by atoms with Crippen LogP contribution in [-0.4, -0.2) is 44.6 Å². The van der Waals surface area contributed by atoms with Crippen molar-refractivity contribution in [1.29, 1.82) is 0 Å². The third-order valence-corrected chi connectivity index (χ3v) is 5.82. The summed E-state index contributed by atoms with van der Waals surface area (Å²) < 4.78 is 11.7. The van der Waals surface area contributed by atoms with Crippen molar-refractivity contribution in [3.05, 3.63) is 58.3 Å². The second kappa shape index (κ2) is 11.2. The summed E-state index contributed by atoms with van der Waals surface area (Å²) in [6, 6.07) is 10.9. The molecule has 3 rings (SSSR count). The van der Waals surface area contributed by atoms with Crippen LogP contribution in [0.15, 0.2) is 42.6 Å². The van der Waals surface area contributed by atoms with Crippen LogP contribution in [0, 0.1) is 10.1 Å². The first-order valence-electron chi connectivity index (χ1n) is 12.7. The number of carbonyl (C=O) groups is 2. The molecule has 10 nitrogen and oxygen atoms in total. The summed E-state index contributed by atoms with van der Waals surface area (Å²) >= 11 is 0. The Labute approximate surface area is 222 Å². The van der Waals surface area contributed by atoms with Crippen LogP contribution < -0.4 is 5.32 Å². The molecule has 3 aromatic rings. The Bertz CT molecular complexity index is 1320. The summed E-state index contributed by atoms with van der Waals surface area (Å²) in [6.07, 6.45) is 1.77. The fraction of sp³-hybridized carbons (Fsp3) is 0.464. The number of nitro benzene ring substituents is 1. The van der Waals surface area contributed by atoms with E-state index in [9.17, 15) is 19.7 Å². The van der Waals surface area contributed by atoms with Crippen LogP contribution >= 0.6 is 0 Å². The van der Waals surface area contributed by atoms with E-state index in [4.69, 9.17) is 9.47 Å². The van der Waals surface area contributed by atoms with E-state index >= 15 is 0 Å². The Morgan fingerprint density at radius 3 is 2.21 bits per heavy atom. The summed E-state index contributed by atoms with van der Waals surface area (Å²) in [4.78, 5) is 36.1. The van der Waals surface area contributed by atoms with E-state index in [0.29, 0.717) is 23.2 Å². The molecule has 1 N–H and O–H groups in total. The molecule has 0 aliphatic carbocycles. The molecular weight excluding hydrogens is 488 g/mol. The number of ether oxygens (including phenoxy) is 2. The zero-order valence-corrected chi connectivity index (χ0v) is 23.0. The van der Waals surface area contributed by atoms with Crippen molar-refractivity contribution >= 4 is 28.8 Å². The summed E-state index contributed by atoms with van der Waals surface area (Å²) in [5, 5.41) is 19.2. The van der Waals surface area contributed by atoms with E-state index in [1.54, 1.807) is 32.9 Å². The van der Waals surface area contributed by atoms with Gasteiger partial charge in [0.15, 0.2) is 0 Å². The molecule has 0 saturated heterocycles. The third kappa shape index (κ3) is 7.08. The first-order valence-corrected chi connectivity index (χ1v) is 12.7. The number of hydrogen-bond donors (Lipinski definition) is 1. The number of fused-ring (bicyclic) bond motifs is 1. The topological polar surface area (TPSA) is 126 Å². The maximum Gasteiger partial charge on any atom is 0.435 e. The Hall–Kier alpha value is -3.95. The quantitative estimate of drug-likeness (QED) is 0.266. The molecule has 38 heavy (non-hydrogen) atoms. The highest BCUT2D eigenvalue weighted by molar-refractivity contribution is 5.99. The molecule has 1 aromatic heterocycles. The molecule has 1 atom stereocenters. The number of amides is 1. The van der Waals surface area contributed by atoms with Gasteiger partial charge in [-0.1, -0.05) is 31.2 Å². The molecule has 2 aromatic carbocycles. The Morgan fingerprint density at radius 1 is 1.03 bits per heavy atom. The van der Waals surface area contributed by atoms with Gasteiger partial charge in [-0.25, -0.2) is 9.59 Å². The highest BCUT2D eigenvalue weighted by Gasteiger charge is 2.26. The molecule has 0 aliphatic rings. The van der Waals surface area contributed by atoms with E-state index in [1.165, 1.54) is 6.20 Å². The highest BCUT2D eigenvalue weighted by atomic mass is 16.6. The lowest BCUT2D eigenvalue weighted by molar-refractivity contribution is -0.382. The molecule has 0 bridgehead atoms. The zero-order valence-electron chi connectivity index (χ0n) is 23.0. The average Bonchev–Trinajstić information content (AvgIpc) is 3.23. The number of alkyl carbamates (subject to hydrolysis) is 1. The number of hydrogen-bond acceptors (Lipinski definition) is 7. The van der Waals surface area contributed by atoms with Crippen LogP contribution in [-0.2, 0) is 9.47 Å². The van der Waals surface area contributed by atoms with Crippen LogP contribution in [0.5, 0.6) is 0 Å². The van der Waals surface area contributed by atoms with Crippen molar-refractivity contribution in [3.8, 4) is 11.1 Å². The molecule has 10 heteroatoms. The average molecular weight is 525 g/mol. The van der Waals surface area contributed by atoms with Crippen molar-refractivity contribution in [2.45, 2.75) is 78.4 Å². The van der Waals surface area contributed by atoms with Gasteiger partial charge < -0.3 is 14.8 Å². The number of aromatic nitrogens is 2. The van der Waals surface area contributed by atoms with Crippen LogP contribution in [0.1, 0.15) is 72.8 Å². The summed E-state index contributed by atoms with van der Waals surface area (Å²) in [6.45, 7) is 13.2. The smallest absolute Gasteiger partial charge is 0.435 e. The van der Waals surface area contributed by atoms with E-state index in [0.717, 1.165) is 23.1 Å². The fourth-order valence-electron chi connectivity index (χ4n) is 4.17. The van der Waals surface area contributed by atoms with Gasteiger partial charge in [-0.2, -0.15) is 9.78 Å². The van der Waals surface area contributed by atoms with Gasteiger partial charge in [-0.05, 0) is 83.6 Å². The van der Waals surface area contributed by atoms with Crippen molar-refractivity contribution in [1.82, 2.24) is 15.1 Å². The molecule has 1 heterocycles. The molecule has 204 valence electrons. The summed E-state index contributed by atoms with van der Waals surface area (Å²) in [5.74, 6) is 0.198. The zero-order chi connectivity index (χ0) is 28.3. The number of nitro groups is 1. The molecule has 1 amide bonds. The molecule has 0 fully saturated rings. The van der Waals surface area contributed by atoms with E-state index in [1.807, 2.05) is 45.0 Å². The molecular formula is C28H36N4O6. The van der Waals surface area contributed by atoms with Gasteiger partial charge in [0.1, 0.15) is 11.2 Å². The molecule has 0 spiro atoms. The minimum Gasteiger partial charge on any atom is -0.444 e. The van der Waals surface area contributed by atoms with Gasteiger partial charge in [0, 0.05) is 6.54 Å². The normalized spacial score (nSPS) is 12.7. The third-order valence-electron chi connectivity index (χ3n) is 5.82. The molecule has 0 saturated carbocycles. The van der Waals surface area contributed by atoms with Gasteiger partial charge in [-0.15, -0.1) is 0 Å². The van der Waals surface area contributed by atoms with Crippen LogP contribution in [0.4, 0.5) is 15.3 Å². The molecule has 1 unspecified atom stereocenters. The number of rotatable bonds is 7. The van der Waals surface area contributed by atoms with Crippen LogP contribution in [0.25, 0.3) is 22.0 Å². The van der Waals surface area contributed by atoms with Crippen molar-refractivity contribution in [3.63, 3.8) is 0 Å². The van der Waals surface area contributed by atoms with Gasteiger partial charge in [-0.3, -0.25) is 10.1 Å². The van der Waals surface area contributed by atoms with Gasteiger partial charge in [0.2, 0.25) is 0 Å². The van der Waals surface area contributed by atoms with E-state index in [-0.39, 0.29) is 17.0 Å². The largest absolute Gasteiger partial charge is 0.444 e. The van der Waals surface area contributed by atoms with Crippen molar-refractivity contribution in [2.75, 3.05) is 6.54 Å². The second-order valence-electron chi connectivity index (χ2n) is 11.1. The van der Waals surface area contributed by atoms with Crippen molar-refractivity contribution < 1.29 is 24.0 Å². The van der Waals surface area contributed by atoms with Crippen LogP contribution in [0.2, 0.25) is 0 Å². The number of nitrogens with one attached hydrogen (secondary N) is 1. The minimum absolute atomic E-state index is 0.126. The first-order chi connectivity index (χ1) is 17.7. The minimum atomic E-state index is -0.731. The van der Waals surface area contributed by atoms with Gasteiger partial charge >= 0.3 is 12.2 Å². The maximum atomic E-state index is 12.6. The number of carbonyl (C=O) groups excluding carboxylic acids is 2. The van der Waals surface area contributed by atoms with Crippen LogP contribution in [0.3, 0.4) is 0 Å². The predicted octanol–water partition coefficient (Wildman–Crippen LogP) is 6.80. The Balaban J connectivity index is 1.83. The lowest BCUT2D eigenvalue weighted by Gasteiger charge is -2.21. The second-order valence-corrected chi connectivity index (χ2v) is 11.1. The Kier molecular flexibility index (Phi) is 8.44. The first kappa shape index (κ1) is 28.6. The lowest BCUT2D eigenvalue weighted by Crippen LogP contribution is -2.33. The monoisotopic (exact) mass is 524 g/mol. The SMILES string of the molecule is CCC(CCNC(=O)OC(C)(C)C)c1ccc(-c2ccc3c(cnn3C(=O)OC(C)(C)C)c2[N+](=O)[O-])cc1.